The van der Waals surface area contributed by atoms with Gasteiger partial charge in [-0.15, -0.1) is 0 Å². The number of hydrogen-bond acceptors (Lipinski definition) is 4. The molecule has 1 rings (SSSR count). The van der Waals surface area contributed by atoms with Crippen molar-refractivity contribution in [2.75, 3.05) is 11.9 Å². The lowest BCUT2D eigenvalue weighted by Crippen LogP contribution is -2.30. The van der Waals surface area contributed by atoms with Crippen molar-refractivity contribution in [3.63, 3.8) is 0 Å². The summed E-state index contributed by atoms with van der Waals surface area (Å²) in [6.07, 6.45) is 0.995. The maximum absolute atomic E-state index is 8.73. The summed E-state index contributed by atoms with van der Waals surface area (Å²) in [7, 11) is 0. The Morgan fingerprint density at radius 1 is 1.50 bits per heavy atom. The van der Waals surface area contributed by atoms with Crippen LogP contribution in [0, 0.1) is 17.2 Å². The molecule has 0 aliphatic heterocycles. The molecule has 0 saturated heterocycles. The van der Waals surface area contributed by atoms with E-state index in [1.165, 1.54) is 0 Å². The minimum Gasteiger partial charge on any atom is -0.366 e. The number of nitrogens with one attached hydrogen (secondary N) is 1. The Hall–Kier alpha value is -1.60. The molecule has 0 amide bonds. The molecule has 0 spiro atoms. The van der Waals surface area contributed by atoms with Gasteiger partial charge in [-0.3, -0.25) is 0 Å². The standard InChI is InChI=1S/C12H18N4/c1-9(2)6-11(8-14)16-12-5-3-4-10(7-13)15-12/h3-5,9,11H,6,8,14H2,1-2H3,(H,15,16). The molecule has 1 unspecified atom stereocenters. The fourth-order valence-corrected chi connectivity index (χ4v) is 1.57. The third kappa shape index (κ3) is 3.87. The first-order valence-electron chi connectivity index (χ1n) is 5.49. The molecule has 4 nitrogen and oxygen atoms in total. The molecule has 1 heterocycles. The van der Waals surface area contributed by atoms with E-state index in [4.69, 9.17) is 11.0 Å². The number of anilines is 1. The molecule has 0 aliphatic rings. The molecule has 0 fully saturated rings. The number of nitrogens with two attached hydrogens (primary N) is 1. The number of pyridine rings is 1. The summed E-state index contributed by atoms with van der Waals surface area (Å²) < 4.78 is 0. The molecular weight excluding hydrogens is 200 g/mol. The first kappa shape index (κ1) is 12.5. The maximum atomic E-state index is 8.73. The molecule has 0 saturated carbocycles. The van der Waals surface area contributed by atoms with Crippen molar-refractivity contribution in [1.29, 1.82) is 5.26 Å². The molecule has 0 aliphatic carbocycles. The summed E-state index contributed by atoms with van der Waals surface area (Å²) in [5, 5.41) is 12.0. The van der Waals surface area contributed by atoms with Crippen LogP contribution in [0.2, 0.25) is 0 Å². The number of rotatable bonds is 5. The van der Waals surface area contributed by atoms with Gasteiger partial charge in [-0.05, 0) is 24.5 Å². The van der Waals surface area contributed by atoms with Crippen molar-refractivity contribution >= 4 is 5.82 Å². The number of nitriles is 1. The number of aromatic nitrogens is 1. The van der Waals surface area contributed by atoms with E-state index in [2.05, 4.69) is 24.1 Å². The summed E-state index contributed by atoms with van der Waals surface area (Å²) in [5.74, 6) is 1.30. The zero-order valence-electron chi connectivity index (χ0n) is 9.77. The van der Waals surface area contributed by atoms with Crippen molar-refractivity contribution in [2.24, 2.45) is 11.7 Å². The van der Waals surface area contributed by atoms with E-state index in [0.29, 0.717) is 18.2 Å². The van der Waals surface area contributed by atoms with Crippen molar-refractivity contribution in [3.05, 3.63) is 23.9 Å². The summed E-state index contributed by atoms with van der Waals surface area (Å²) in [6.45, 7) is 4.88. The highest BCUT2D eigenvalue weighted by Gasteiger charge is 2.09. The third-order valence-corrected chi connectivity index (χ3v) is 2.26. The van der Waals surface area contributed by atoms with Gasteiger partial charge in [-0.2, -0.15) is 5.26 Å². The van der Waals surface area contributed by atoms with E-state index < -0.39 is 0 Å². The average molecular weight is 218 g/mol. The Balaban J connectivity index is 2.67. The second-order valence-corrected chi connectivity index (χ2v) is 4.23. The van der Waals surface area contributed by atoms with E-state index in [-0.39, 0.29) is 6.04 Å². The highest BCUT2D eigenvalue weighted by atomic mass is 15.0. The number of hydrogen-bond donors (Lipinski definition) is 2. The molecule has 0 radical (unpaired) electrons. The van der Waals surface area contributed by atoms with Gasteiger partial charge in [0.2, 0.25) is 0 Å². The summed E-state index contributed by atoms with van der Waals surface area (Å²) in [5.41, 5.74) is 6.11. The topological polar surface area (TPSA) is 74.7 Å². The van der Waals surface area contributed by atoms with Crippen LogP contribution in [0.4, 0.5) is 5.82 Å². The summed E-state index contributed by atoms with van der Waals surface area (Å²) >= 11 is 0. The van der Waals surface area contributed by atoms with Gasteiger partial charge in [0.05, 0.1) is 0 Å². The van der Waals surface area contributed by atoms with Crippen molar-refractivity contribution < 1.29 is 0 Å². The van der Waals surface area contributed by atoms with Gasteiger partial charge in [-0.25, -0.2) is 4.98 Å². The van der Waals surface area contributed by atoms with Crippen LogP contribution in [-0.2, 0) is 0 Å². The quantitative estimate of drug-likeness (QED) is 0.789. The van der Waals surface area contributed by atoms with Crippen LogP contribution in [0.15, 0.2) is 18.2 Å². The fourth-order valence-electron chi connectivity index (χ4n) is 1.57. The summed E-state index contributed by atoms with van der Waals surface area (Å²) in [6, 6.07) is 7.58. The Morgan fingerprint density at radius 3 is 2.81 bits per heavy atom. The zero-order valence-corrected chi connectivity index (χ0v) is 9.77. The zero-order chi connectivity index (χ0) is 12.0. The van der Waals surface area contributed by atoms with Crippen molar-refractivity contribution in [3.8, 4) is 6.07 Å². The second kappa shape index (κ2) is 6.09. The Bertz CT molecular complexity index is 368. The second-order valence-electron chi connectivity index (χ2n) is 4.23. The predicted molar refractivity (Wildman–Crippen MR) is 64.9 cm³/mol. The smallest absolute Gasteiger partial charge is 0.142 e. The molecule has 1 atom stereocenters. The van der Waals surface area contributed by atoms with Crippen LogP contribution in [-0.4, -0.2) is 17.6 Å². The third-order valence-electron chi connectivity index (χ3n) is 2.26. The monoisotopic (exact) mass is 218 g/mol. The van der Waals surface area contributed by atoms with E-state index in [0.717, 1.165) is 12.2 Å². The van der Waals surface area contributed by atoms with Crippen LogP contribution < -0.4 is 11.1 Å². The van der Waals surface area contributed by atoms with Gasteiger partial charge in [0.25, 0.3) is 0 Å². The van der Waals surface area contributed by atoms with Crippen LogP contribution in [0.5, 0.6) is 0 Å². The number of nitrogens with zero attached hydrogens (tertiary/aromatic N) is 2. The molecule has 1 aromatic rings. The van der Waals surface area contributed by atoms with Gasteiger partial charge >= 0.3 is 0 Å². The van der Waals surface area contributed by atoms with E-state index in [1.54, 1.807) is 6.07 Å². The minimum atomic E-state index is 0.210. The minimum absolute atomic E-state index is 0.210. The van der Waals surface area contributed by atoms with Gasteiger partial charge < -0.3 is 11.1 Å². The first-order valence-corrected chi connectivity index (χ1v) is 5.49. The molecule has 1 aromatic heterocycles. The Morgan fingerprint density at radius 2 is 2.25 bits per heavy atom. The fraction of sp³-hybridized carbons (Fsp3) is 0.500. The normalized spacial score (nSPS) is 12.2. The molecule has 86 valence electrons. The van der Waals surface area contributed by atoms with Gasteiger partial charge in [0.15, 0.2) is 0 Å². The molecule has 4 heteroatoms. The van der Waals surface area contributed by atoms with Crippen LogP contribution in [0.3, 0.4) is 0 Å². The SMILES string of the molecule is CC(C)CC(CN)Nc1cccc(C#N)n1. The summed E-state index contributed by atoms with van der Waals surface area (Å²) in [4.78, 5) is 4.16. The first-order chi connectivity index (χ1) is 7.65. The maximum Gasteiger partial charge on any atom is 0.142 e. The lowest BCUT2D eigenvalue weighted by atomic mass is 10.0. The lowest BCUT2D eigenvalue weighted by Gasteiger charge is -2.19. The average Bonchev–Trinajstić information content (AvgIpc) is 2.28. The molecule has 0 bridgehead atoms. The van der Waals surface area contributed by atoms with Crippen molar-refractivity contribution in [1.82, 2.24) is 4.98 Å². The van der Waals surface area contributed by atoms with E-state index >= 15 is 0 Å². The molecular formula is C12H18N4. The van der Waals surface area contributed by atoms with E-state index in [9.17, 15) is 0 Å². The largest absolute Gasteiger partial charge is 0.366 e. The Labute approximate surface area is 96.5 Å². The van der Waals surface area contributed by atoms with Gasteiger partial charge in [0.1, 0.15) is 17.6 Å². The molecule has 3 N–H and O–H groups in total. The highest BCUT2D eigenvalue weighted by Crippen LogP contribution is 2.10. The highest BCUT2D eigenvalue weighted by molar-refractivity contribution is 5.39. The Kier molecular flexibility index (Phi) is 4.74. The van der Waals surface area contributed by atoms with Crippen LogP contribution in [0.1, 0.15) is 26.0 Å². The van der Waals surface area contributed by atoms with Crippen LogP contribution in [0.25, 0.3) is 0 Å². The van der Waals surface area contributed by atoms with Crippen molar-refractivity contribution in [2.45, 2.75) is 26.3 Å². The van der Waals surface area contributed by atoms with Gasteiger partial charge in [-0.1, -0.05) is 19.9 Å². The molecule has 0 aromatic carbocycles. The molecule has 16 heavy (non-hydrogen) atoms. The lowest BCUT2D eigenvalue weighted by molar-refractivity contribution is 0.521. The predicted octanol–water partition coefficient (Wildman–Crippen LogP) is 1.74. The van der Waals surface area contributed by atoms with Crippen LogP contribution >= 0.6 is 0 Å². The van der Waals surface area contributed by atoms with Gasteiger partial charge in [0, 0.05) is 12.6 Å². The van der Waals surface area contributed by atoms with E-state index in [1.807, 2.05) is 18.2 Å².